The van der Waals surface area contributed by atoms with Crippen molar-refractivity contribution in [1.29, 1.82) is 0 Å². The Kier molecular flexibility index (Phi) is 24.7. The van der Waals surface area contributed by atoms with Crippen LogP contribution in [0.3, 0.4) is 0 Å². The number of ether oxygens (including phenoxy) is 11. The lowest BCUT2D eigenvalue weighted by Crippen LogP contribution is -2.69. The number of hydrogen-bond acceptors (Lipinski definition) is 29. The Labute approximate surface area is 537 Å². The van der Waals surface area contributed by atoms with Crippen LogP contribution in [0.1, 0.15) is 121 Å². The van der Waals surface area contributed by atoms with Crippen LogP contribution < -0.4 is 0 Å². The van der Waals surface area contributed by atoms with Gasteiger partial charge in [0.15, 0.2) is 37.6 Å². The van der Waals surface area contributed by atoms with Crippen LogP contribution in [-0.4, -0.2) is 299 Å². The molecule has 7 fully saturated rings. The summed E-state index contributed by atoms with van der Waals surface area (Å²) in [5.74, 6) is -0.211. The molecule has 8 aliphatic rings. The van der Waals surface area contributed by atoms with E-state index < -0.39 is 227 Å². The number of hydrogen-bond donors (Lipinski definition) is 17. The molecular weight excluding hydrogens is 1220 g/mol. The maximum atomic E-state index is 12.7. The molecule has 3 saturated heterocycles. The van der Waals surface area contributed by atoms with Gasteiger partial charge in [0.05, 0.1) is 70.7 Å². The second-order valence-electron chi connectivity index (χ2n) is 29.5. The fourth-order valence-electron chi connectivity index (χ4n) is 17.6. The molecule has 92 heavy (non-hydrogen) atoms. The van der Waals surface area contributed by atoms with E-state index in [4.69, 9.17) is 52.1 Å². The number of aliphatic hydroxyl groups excluding tert-OH is 17. The van der Waals surface area contributed by atoms with Crippen molar-refractivity contribution >= 4 is 6.47 Å². The first kappa shape index (κ1) is 75.9. The predicted octanol–water partition coefficient (Wildman–Crippen LogP) is -3.31. The molecule has 18 unspecified atom stereocenters. The van der Waals surface area contributed by atoms with Crippen molar-refractivity contribution in [1.82, 2.24) is 0 Å². The first-order chi connectivity index (χ1) is 43.1. The number of allylic oxidation sites excluding steroid dienone is 2. The summed E-state index contributed by atoms with van der Waals surface area (Å²) in [6, 6.07) is 0. The van der Waals surface area contributed by atoms with Crippen molar-refractivity contribution in [3.63, 3.8) is 0 Å². The van der Waals surface area contributed by atoms with Crippen molar-refractivity contribution in [2.24, 2.45) is 50.2 Å². The minimum atomic E-state index is -1.87. The number of rotatable bonds is 27. The third kappa shape index (κ3) is 14.2. The highest BCUT2D eigenvalue weighted by molar-refractivity contribution is 5.38. The van der Waals surface area contributed by atoms with Gasteiger partial charge in [-0.25, -0.2) is 0 Å². The van der Waals surface area contributed by atoms with Gasteiger partial charge in [0, 0.05) is 5.41 Å². The van der Waals surface area contributed by atoms with Gasteiger partial charge >= 0.3 is 0 Å². The SMILES string of the molecule is CC(OCC1O[C@@H](OC[C@@]23CC[C@]4(C)C(=CCC5[C@@]6(C)CC[C@H](O[C@@H]7OC(COC(C)OC(CO)[C@@H](O)C(O)CO)[C@@H](O)C(OC=O)C7O)C(C)(C)C6CC[C@]54C)C2CC(C)(C)[C@@H](O)[C@@H]3O)C(O[C@@H]2OC(C)[C@H](O)C(O)C2O)C(O)[C@@H]1O)OC(CO)[C@@H](O)C(O)CO. The van der Waals surface area contributed by atoms with Crippen molar-refractivity contribution < 1.29 is 144 Å². The van der Waals surface area contributed by atoms with E-state index >= 15 is 0 Å². The summed E-state index contributed by atoms with van der Waals surface area (Å²) in [6.45, 7) is 15.2. The van der Waals surface area contributed by atoms with Crippen molar-refractivity contribution in [2.45, 2.75) is 280 Å². The smallest absolute Gasteiger partial charge is 0.293 e. The molecule has 8 rings (SSSR count). The van der Waals surface area contributed by atoms with Crippen LogP contribution in [-0.2, 0) is 56.9 Å². The molecule has 3 heterocycles. The van der Waals surface area contributed by atoms with E-state index in [9.17, 15) is 91.6 Å². The van der Waals surface area contributed by atoms with E-state index in [1.54, 1.807) is 0 Å². The van der Waals surface area contributed by atoms with E-state index in [1.165, 1.54) is 20.8 Å². The lowest BCUT2D eigenvalue weighted by Gasteiger charge is -2.72. The van der Waals surface area contributed by atoms with Crippen LogP contribution in [0, 0.1) is 50.2 Å². The van der Waals surface area contributed by atoms with E-state index in [0.717, 1.165) is 18.4 Å². The fraction of sp³-hybridized carbons (Fsp3) is 0.952. The zero-order chi connectivity index (χ0) is 68.1. The van der Waals surface area contributed by atoms with Gasteiger partial charge in [0.2, 0.25) is 0 Å². The first-order valence-corrected chi connectivity index (χ1v) is 32.6. The molecule has 5 aliphatic carbocycles. The Hall–Kier alpha value is -1.87. The third-order valence-corrected chi connectivity index (χ3v) is 23.5. The van der Waals surface area contributed by atoms with Gasteiger partial charge in [-0.3, -0.25) is 4.79 Å². The molecule has 17 N–H and O–H groups in total. The number of aliphatic hydroxyl groups is 17. The molecular formula is C63H108O29. The first-order valence-electron chi connectivity index (χ1n) is 32.6. The summed E-state index contributed by atoms with van der Waals surface area (Å²) in [5.41, 5.74) is -2.51. The molecule has 0 bridgehead atoms. The molecule has 0 radical (unpaired) electrons. The van der Waals surface area contributed by atoms with Crippen molar-refractivity contribution in [3.05, 3.63) is 11.6 Å². The average Bonchev–Trinajstić information content (AvgIpc) is 0.675. The van der Waals surface area contributed by atoms with E-state index in [1.807, 2.05) is 13.8 Å². The van der Waals surface area contributed by atoms with Gasteiger partial charge in [0.25, 0.3) is 6.47 Å². The van der Waals surface area contributed by atoms with E-state index in [2.05, 4.69) is 40.7 Å². The molecule has 4 saturated carbocycles. The van der Waals surface area contributed by atoms with Crippen LogP contribution in [0.4, 0.5) is 0 Å². The molecule has 534 valence electrons. The summed E-state index contributed by atoms with van der Waals surface area (Å²) in [7, 11) is 0. The molecule has 0 aromatic heterocycles. The van der Waals surface area contributed by atoms with Crippen LogP contribution >= 0.6 is 0 Å². The number of carbonyl (C=O) groups is 1. The Balaban J connectivity index is 1.03. The molecule has 0 spiro atoms. The highest BCUT2D eigenvalue weighted by Crippen LogP contribution is 2.76. The lowest BCUT2D eigenvalue weighted by atomic mass is 9.33. The van der Waals surface area contributed by atoms with Gasteiger partial charge < -0.3 is 139 Å². The Morgan fingerprint density at radius 3 is 1.73 bits per heavy atom. The molecule has 3 aliphatic heterocycles. The Bertz CT molecular complexity index is 2410. The van der Waals surface area contributed by atoms with Gasteiger partial charge in [-0.1, -0.05) is 60.1 Å². The zero-order valence-electron chi connectivity index (χ0n) is 54.5. The molecule has 33 atom stereocenters. The van der Waals surface area contributed by atoms with Crippen molar-refractivity contribution in [3.8, 4) is 0 Å². The minimum Gasteiger partial charge on any atom is -0.459 e. The summed E-state index contributed by atoms with van der Waals surface area (Å²) in [6.07, 6.45) is -31.4. The van der Waals surface area contributed by atoms with Crippen LogP contribution in [0.15, 0.2) is 11.6 Å². The standard InChI is InChI=1S/C63H108O29/c1-28-42(71)47(76)49(78)55(86-28)92-52-48(77)45(74)37(24-82-29(2)87-35(22-66)43(72)33(69)20-64)90-57(52)84-26-63-18-17-61(9)31(32(63)19-58(4,5)53(80)54(63)81)11-12-40-60(8)15-14-41(59(6,7)39(60)13-16-62(40,61)10)91-56-50(79)51(85-27-68)46(75)38(89-56)25-83-30(3)88-36(23-67)44(73)34(70)21-65/h11,27-30,32-57,64-67,69-81H,12-26H2,1-10H3/t28?,29?,30?,32?,33?,34?,35?,36?,37?,38?,39?,40?,41-,42-,43-,44-,45+,46+,47?,48?,49?,50?,51?,52?,53-,54-,55-,56-,57+,60-,61+,62+,63-/m0/s1. The largest absolute Gasteiger partial charge is 0.459 e. The predicted molar refractivity (Wildman–Crippen MR) is 315 cm³/mol. The number of carbonyl (C=O) groups excluding carboxylic acids is 1. The van der Waals surface area contributed by atoms with Gasteiger partial charge in [-0.2, -0.15) is 0 Å². The molecule has 0 aromatic carbocycles. The maximum absolute atomic E-state index is 12.7. The third-order valence-electron chi connectivity index (χ3n) is 23.5. The van der Waals surface area contributed by atoms with E-state index in [0.29, 0.717) is 38.5 Å². The Morgan fingerprint density at radius 1 is 0.598 bits per heavy atom. The maximum Gasteiger partial charge on any atom is 0.293 e. The average molecular weight is 1330 g/mol. The molecule has 0 amide bonds. The van der Waals surface area contributed by atoms with Gasteiger partial charge in [-0.05, 0) is 117 Å². The van der Waals surface area contributed by atoms with E-state index in [-0.39, 0.29) is 35.7 Å². The zero-order valence-corrected chi connectivity index (χ0v) is 54.5. The molecule has 29 heteroatoms. The quantitative estimate of drug-likeness (QED) is 0.0166. The van der Waals surface area contributed by atoms with Crippen LogP contribution in [0.5, 0.6) is 0 Å². The topological polar surface area (TPSA) is 463 Å². The minimum absolute atomic E-state index is 0.0640. The Morgan fingerprint density at radius 2 is 1.16 bits per heavy atom. The second-order valence-corrected chi connectivity index (χ2v) is 29.5. The highest BCUT2D eigenvalue weighted by Gasteiger charge is 2.71. The molecule has 29 nitrogen and oxygen atoms in total. The summed E-state index contributed by atoms with van der Waals surface area (Å²) >= 11 is 0. The summed E-state index contributed by atoms with van der Waals surface area (Å²) < 4.78 is 66.1. The monoisotopic (exact) mass is 1330 g/mol. The highest BCUT2D eigenvalue weighted by atomic mass is 16.8. The normalized spacial score (nSPS) is 46.1. The van der Waals surface area contributed by atoms with Gasteiger partial charge in [0.1, 0.15) is 97.7 Å². The second kappa shape index (κ2) is 29.9. The molecule has 0 aromatic rings. The summed E-state index contributed by atoms with van der Waals surface area (Å²) in [4.78, 5) is 11.8. The number of fused-ring (bicyclic) bond motifs is 7. The lowest BCUT2D eigenvalue weighted by molar-refractivity contribution is -0.372. The van der Waals surface area contributed by atoms with Crippen LogP contribution in [0.2, 0.25) is 0 Å². The fourth-order valence-corrected chi connectivity index (χ4v) is 17.6. The van der Waals surface area contributed by atoms with Crippen molar-refractivity contribution in [2.75, 3.05) is 46.2 Å². The van der Waals surface area contributed by atoms with Crippen LogP contribution in [0.25, 0.3) is 0 Å². The summed E-state index contributed by atoms with van der Waals surface area (Å²) in [5, 5.41) is 183. The van der Waals surface area contributed by atoms with Gasteiger partial charge in [-0.15, -0.1) is 0 Å².